The summed E-state index contributed by atoms with van der Waals surface area (Å²) in [6.45, 7) is 1.95. The first-order chi connectivity index (χ1) is 7.67. The third kappa shape index (κ3) is 3.52. The Bertz CT molecular complexity index is 397. The molecule has 0 aliphatic carbocycles. The Kier molecular flexibility index (Phi) is 4.74. The van der Waals surface area contributed by atoms with Crippen LogP contribution in [0.2, 0.25) is 5.15 Å². The van der Waals surface area contributed by atoms with Crippen LogP contribution in [0.25, 0.3) is 0 Å². The van der Waals surface area contributed by atoms with Crippen LogP contribution in [0.4, 0.5) is 0 Å². The minimum Gasteiger partial charge on any atom is -0.347 e. The fraction of sp³-hybridized carbons (Fsp3) is 0.364. The maximum Gasteiger partial charge on any atom is 0.272 e. The molecule has 0 spiro atoms. The lowest BCUT2D eigenvalue weighted by atomic mass is 10.1. The molecule has 1 N–H and O–H groups in total. The van der Waals surface area contributed by atoms with Gasteiger partial charge in [-0.05, 0) is 18.6 Å². The molecule has 0 fully saturated rings. The van der Waals surface area contributed by atoms with Gasteiger partial charge in [-0.2, -0.15) is 0 Å². The van der Waals surface area contributed by atoms with Crippen molar-refractivity contribution in [1.29, 1.82) is 0 Å². The van der Waals surface area contributed by atoms with Crippen LogP contribution in [0.3, 0.4) is 0 Å². The van der Waals surface area contributed by atoms with E-state index >= 15 is 0 Å². The number of terminal acetylenes is 1. The number of nitrogens with zero attached hydrogens (tertiary/aromatic N) is 2. The highest BCUT2D eigenvalue weighted by molar-refractivity contribution is 6.29. The molecule has 0 bridgehead atoms. The van der Waals surface area contributed by atoms with Crippen LogP contribution in [0.1, 0.15) is 30.3 Å². The number of carbonyl (C=O) groups is 1. The SMILES string of the molecule is C#CCC(CC)NC(=O)c1ccc(Cl)nn1. The van der Waals surface area contributed by atoms with Crippen molar-refractivity contribution >= 4 is 17.5 Å². The molecule has 1 heterocycles. The molecule has 1 unspecified atom stereocenters. The van der Waals surface area contributed by atoms with Gasteiger partial charge in [0.15, 0.2) is 10.8 Å². The second-order valence-corrected chi connectivity index (χ2v) is 3.62. The fourth-order valence-electron chi connectivity index (χ4n) is 1.14. The Morgan fingerprint density at radius 2 is 2.38 bits per heavy atom. The van der Waals surface area contributed by atoms with Gasteiger partial charge in [-0.15, -0.1) is 22.5 Å². The zero-order valence-corrected chi connectivity index (χ0v) is 9.66. The number of rotatable bonds is 4. The first-order valence-corrected chi connectivity index (χ1v) is 5.28. The lowest BCUT2D eigenvalue weighted by Crippen LogP contribution is -2.34. The summed E-state index contributed by atoms with van der Waals surface area (Å²) in [5.41, 5.74) is 0.236. The van der Waals surface area contributed by atoms with Crippen LogP contribution in [-0.2, 0) is 0 Å². The smallest absolute Gasteiger partial charge is 0.272 e. The van der Waals surface area contributed by atoms with E-state index in [2.05, 4.69) is 21.4 Å². The molecule has 1 amide bonds. The van der Waals surface area contributed by atoms with E-state index in [1.165, 1.54) is 12.1 Å². The molecule has 0 aliphatic rings. The predicted octanol–water partition coefficient (Wildman–Crippen LogP) is 1.66. The second-order valence-electron chi connectivity index (χ2n) is 3.23. The van der Waals surface area contributed by atoms with Crippen molar-refractivity contribution in [3.05, 3.63) is 23.0 Å². The molecule has 0 aromatic carbocycles. The fourth-order valence-corrected chi connectivity index (χ4v) is 1.24. The van der Waals surface area contributed by atoms with Crippen LogP contribution >= 0.6 is 11.6 Å². The van der Waals surface area contributed by atoms with E-state index in [0.717, 1.165) is 6.42 Å². The summed E-state index contributed by atoms with van der Waals surface area (Å²) in [5, 5.41) is 10.3. The van der Waals surface area contributed by atoms with Crippen molar-refractivity contribution in [2.24, 2.45) is 0 Å². The van der Waals surface area contributed by atoms with Crippen molar-refractivity contribution in [3.63, 3.8) is 0 Å². The zero-order valence-electron chi connectivity index (χ0n) is 8.90. The molecular weight excluding hydrogens is 226 g/mol. The molecule has 1 aromatic rings. The van der Waals surface area contributed by atoms with Crippen LogP contribution < -0.4 is 5.32 Å². The summed E-state index contributed by atoms with van der Waals surface area (Å²) in [7, 11) is 0. The van der Waals surface area contributed by atoms with Crippen molar-refractivity contribution in [3.8, 4) is 12.3 Å². The number of aromatic nitrogens is 2. The number of amides is 1. The summed E-state index contributed by atoms with van der Waals surface area (Å²) < 4.78 is 0. The molecule has 5 heteroatoms. The number of halogens is 1. The maximum absolute atomic E-state index is 11.7. The number of nitrogens with one attached hydrogen (secondary N) is 1. The predicted molar refractivity (Wildman–Crippen MR) is 62.0 cm³/mol. The molecule has 0 saturated carbocycles. The average molecular weight is 238 g/mol. The molecule has 0 aliphatic heterocycles. The van der Waals surface area contributed by atoms with Gasteiger partial charge in [0, 0.05) is 12.5 Å². The van der Waals surface area contributed by atoms with Crippen LogP contribution in [0, 0.1) is 12.3 Å². The highest BCUT2D eigenvalue weighted by Gasteiger charge is 2.12. The quantitative estimate of drug-likeness (QED) is 0.811. The minimum absolute atomic E-state index is 0.0324. The third-order valence-corrected chi connectivity index (χ3v) is 2.26. The number of hydrogen-bond acceptors (Lipinski definition) is 3. The van der Waals surface area contributed by atoms with Gasteiger partial charge < -0.3 is 5.32 Å². The Hall–Kier alpha value is -1.60. The molecule has 16 heavy (non-hydrogen) atoms. The van der Waals surface area contributed by atoms with Gasteiger partial charge >= 0.3 is 0 Å². The van der Waals surface area contributed by atoms with Gasteiger partial charge in [0.25, 0.3) is 5.91 Å². The Morgan fingerprint density at radius 3 is 2.88 bits per heavy atom. The molecule has 84 valence electrons. The zero-order chi connectivity index (χ0) is 12.0. The first kappa shape index (κ1) is 12.5. The minimum atomic E-state index is -0.286. The normalized spacial score (nSPS) is 11.6. The molecule has 1 rings (SSSR count). The monoisotopic (exact) mass is 237 g/mol. The summed E-state index contributed by atoms with van der Waals surface area (Å²) in [6.07, 6.45) is 6.47. The Labute approximate surface area is 99.4 Å². The highest BCUT2D eigenvalue weighted by Crippen LogP contribution is 2.03. The van der Waals surface area contributed by atoms with E-state index in [0.29, 0.717) is 6.42 Å². The van der Waals surface area contributed by atoms with Gasteiger partial charge in [0.05, 0.1) is 0 Å². The molecule has 4 nitrogen and oxygen atoms in total. The Balaban J connectivity index is 2.65. The topological polar surface area (TPSA) is 54.9 Å². The first-order valence-electron chi connectivity index (χ1n) is 4.91. The molecule has 0 radical (unpaired) electrons. The van der Waals surface area contributed by atoms with Gasteiger partial charge in [-0.1, -0.05) is 18.5 Å². The van der Waals surface area contributed by atoms with Gasteiger partial charge in [-0.3, -0.25) is 4.79 Å². The molecule has 0 saturated heterocycles. The standard InChI is InChI=1S/C11H12ClN3O/c1-3-5-8(4-2)13-11(16)9-6-7-10(12)15-14-9/h1,6-8H,4-5H2,2H3,(H,13,16). The molecular formula is C11H12ClN3O. The lowest BCUT2D eigenvalue weighted by Gasteiger charge is -2.13. The highest BCUT2D eigenvalue weighted by atomic mass is 35.5. The molecule has 1 aromatic heterocycles. The van der Waals surface area contributed by atoms with Crippen molar-refractivity contribution in [2.75, 3.05) is 0 Å². The van der Waals surface area contributed by atoms with E-state index in [-0.39, 0.29) is 22.8 Å². The van der Waals surface area contributed by atoms with E-state index in [9.17, 15) is 4.79 Å². The van der Waals surface area contributed by atoms with Crippen molar-refractivity contribution in [2.45, 2.75) is 25.8 Å². The van der Waals surface area contributed by atoms with E-state index in [1.54, 1.807) is 0 Å². The van der Waals surface area contributed by atoms with Crippen LogP contribution in [0.5, 0.6) is 0 Å². The number of hydrogen-bond donors (Lipinski definition) is 1. The number of carbonyl (C=O) groups excluding carboxylic acids is 1. The van der Waals surface area contributed by atoms with Gasteiger partial charge in [0.2, 0.25) is 0 Å². The largest absolute Gasteiger partial charge is 0.347 e. The van der Waals surface area contributed by atoms with E-state index < -0.39 is 0 Å². The van der Waals surface area contributed by atoms with Crippen LogP contribution in [-0.4, -0.2) is 22.1 Å². The lowest BCUT2D eigenvalue weighted by molar-refractivity contribution is 0.0930. The summed E-state index contributed by atoms with van der Waals surface area (Å²) in [6, 6.07) is 3.01. The summed E-state index contributed by atoms with van der Waals surface area (Å²) in [5.74, 6) is 2.23. The molecule has 1 atom stereocenters. The summed E-state index contributed by atoms with van der Waals surface area (Å²) >= 11 is 5.57. The third-order valence-electron chi connectivity index (χ3n) is 2.06. The van der Waals surface area contributed by atoms with Crippen molar-refractivity contribution < 1.29 is 4.79 Å². The Morgan fingerprint density at radius 1 is 1.62 bits per heavy atom. The van der Waals surface area contributed by atoms with Gasteiger partial charge in [-0.25, -0.2) is 0 Å². The summed E-state index contributed by atoms with van der Waals surface area (Å²) in [4.78, 5) is 11.7. The van der Waals surface area contributed by atoms with Crippen molar-refractivity contribution in [1.82, 2.24) is 15.5 Å². The van der Waals surface area contributed by atoms with E-state index in [1.807, 2.05) is 6.92 Å². The van der Waals surface area contributed by atoms with E-state index in [4.69, 9.17) is 18.0 Å². The van der Waals surface area contributed by atoms with Gasteiger partial charge in [0.1, 0.15) is 0 Å². The average Bonchev–Trinajstić information content (AvgIpc) is 2.29. The van der Waals surface area contributed by atoms with Crippen LogP contribution in [0.15, 0.2) is 12.1 Å². The maximum atomic E-state index is 11.7. The second kappa shape index (κ2) is 6.09.